The summed E-state index contributed by atoms with van der Waals surface area (Å²) in [5.41, 5.74) is 10.2. The van der Waals surface area contributed by atoms with Gasteiger partial charge in [-0.05, 0) is 57.2 Å². The van der Waals surface area contributed by atoms with E-state index in [4.69, 9.17) is 15.2 Å². The molecule has 7 heteroatoms. The average Bonchev–Trinajstić information content (AvgIpc) is 2.71. The molecule has 1 aromatic rings. The highest BCUT2D eigenvalue weighted by molar-refractivity contribution is 5.98. The summed E-state index contributed by atoms with van der Waals surface area (Å²) in [7, 11) is 1.50. The second-order valence-electron chi connectivity index (χ2n) is 7.76. The average molecular weight is 421 g/mol. The first-order valence-electron chi connectivity index (χ1n) is 10.3. The second kappa shape index (κ2) is 9.09. The molecule has 1 aliphatic heterocycles. The van der Waals surface area contributed by atoms with Gasteiger partial charge in [-0.25, -0.2) is 4.98 Å². The molecule has 1 atom stereocenters. The van der Waals surface area contributed by atoms with Crippen LogP contribution in [0, 0.1) is 18.3 Å². The van der Waals surface area contributed by atoms with Gasteiger partial charge in [0, 0.05) is 17.5 Å². The van der Waals surface area contributed by atoms with Crippen molar-refractivity contribution in [3.05, 3.63) is 64.2 Å². The topological polar surface area (TPSA) is 110 Å². The molecule has 7 nitrogen and oxygen atoms in total. The molecule has 1 amide bonds. The van der Waals surface area contributed by atoms with Gasteiger partial charge in [0.2, 0.25) is 11.8 Å². The van der Waals surface area contributed by atoms with Crippen LogP contribution in [0.1, 0.15) is 50.2 Å². The van der Waals surface area contributed by atoms with Gasteiger partial charge < -0.3 is 20.5 Å². The number of primary amides is 1. The van der Waals surface area contributed by atoms with E-state index in [0.29, 0.717) is 39.6 Å². The summed E-state index contributed by atoms with van der Waals surface area (Å²) in [4.78, 5) is 17.1. The molecule has 0 spiro atoms. The molecular formula is C24H28N4O3. The highest BCUT2D eigenvalue weighted by Crippen LogP contribution is 2.48. The number of nitrogens with two attached hydrogens (primary N) is 1. The summed E-state index contributed by atoms with van der Waals surface area (Å²) >= 11 is 0. The zero-order chi connectivity index (χ0) is 22.7. The van der Waals surface area contributed by atoms with E-state index in [9.17, 15) is 10.1 Å². The van der Waals surface area contributed by atoms with E-state index in [1.165, 1.54) is 7.11 Å². The Bertz CT molecular complexity index is 1060. The van der Waals surface area contributed by atoms with Crippen LogP contribution in [0.4, 0.5) is 5.69 Å². The number of hydrogen-bond donors (Lipinski definition) is 2. The Morgan fingerprint density at radius 1 is 1.42 bits per heavy atom. The molecule has 31 heavy (non-hydrogen) atoms. The Morgan fingerprint density at radius 3 is 2.65 bits per heavy atom. The number of amides is 1. The first-order valence-corrected chi connectivity index (χ1v) is 10.3. The number of pyridine rings is 1. The normalized spacial score (nSPS) is 19.0. The van der Waals surface area contributed by atoms with Crippen molar-refractivity contribution >= 4 is 11.6 Å². The molecule has 0 bridgehead atoms. The highest BCUT2D eigenvalue weighted by atomic mass is 16.5. The van der Waals surface area contributed by atoms with Crippen LogP contribution in [-0.4, -0.2) is 24.1 Å². The number of methoxy groups -OCH3 is 1. The van der Waals surface area contributed by atoms with Crippen molar-refractivity contribution in [2.45, 2.75) is 52.1 Å². The van der Waals surface area contributed by atoms with Crippen LogP contribution in [-0.2, 0) is 9.53 Å². The molecule has 2 heterocycles. The van der Waals surface area contributed by atoms with Gasteiger partial charge in [-0.3, -0.25) is 4.79 Å². The number of nitrogens with zero attached hydrogens (tertiary/aromatic N) is 2. The SMILES string of the molecule is C=C(/C(=C\C(C#N)=C/C)OC)[C@@H]1C(C(N)=O)=C(C)Nc2c(C)cnc(OC3CCC3)c21. The van der Waals surface area contributed by atoms with E-state index in [1.807, 2.05) is 6.92 Å². The van der Waals surface area contributed by atoms with Crippen molar-refractivity contribution in [2.75, 3.05) is 12.4 Å². The smallest absolute Gasteiger partial charge is 0.247 e. The summed E-state index contributed by atoms with van der Waals surface area (Å²) in [6.45, 7) is 9.75. The molecule has 1 aromatic heterocycles. The zero-order valence-corrected chi connectivity index (χ0v) is 18.4. The van der Waals surface area contributed by atoms with Crippen molar-refractivity contribution in [2.24, 2.45) is 5.73 Å². The monoisotopic (exact) mass is 420 g/mol. The molecule has 0 saturated heterocycles. The lowest BCUT2D eigenvalue weighted by Gasteiger charge is -2.34. The minimum atomic E-state index is -0.626. The summed E-state index contributed by atoms with van der Waals surface area (Å²) in [5.74, 6) is -0.355. The summed E-state index contributed by atoms with van der Waals surface area (Å²) in [6, 6.07) is 2.11. The van der Waals surface area contributed by atoms with Crippen LogP contribution in [0.3, 0.4) is 0 Å². The highest BCUT2D eigenvalue weighted by Gasteiger charge is 2.38. The van der Waals surface area contributed by atoms with Crippen LogP contribution in [0.25, 0.3) is 0 Å². The lowest BCUT2D eigenvalue weighted by molar-refractivity contribution is -0.114. The molecule has 3 N–H and O–H groups in total. The van der Waals surface area contributed by atoms with Crippen LogP contribution in [0.2, 0.25) is 0 Å². The predicted octanol–water partition coefficient (Wildman–Crippen LogP) is 4.15. The Kier molecular flexibility index (Phi) is 6.50. The van der Waals surface area contributed by atoms with Gasteiger partial charge in [0.05, 0.1) is 35.9 Å². The van der Waals surface area contributed by atoms with Gasteiger partial charge in [-0.1, -0.05) is 12.7 Å². The molecule has 2 aliphatic rings. The lowest BCUT2D eigenvalue weighted by Crippen LogP contribution is -2.31. The van der Waals surface area contributed by atoms with E-state index in [0.717, 1.165) is 30.5 Å². The number of hydrogen-bond acceptors (Lipinski definition) is 6. The Hall–Kier alpha value is -3.53. The molecule has 0 aromatic carbocycles. The molecule has 0 unspecified atom stereocenters. The number of rotatable bonds is 7. The number of aryl methyl sites for hydroxylation is 1. The van der Waals surface area contributed by atoms with Crippen LogP contribution < -0.4 is 15.8 Å². The van der Waals surface area contributed by atoms with Crippen LogP contribution in [0.5, 0.6) is 5.88 Å². The van der Waals surface area contributed by atoms with Gasteiger partial charge in [-0.2, -0.15) is 5.26 Å². The fourth-order valence-corrected chi connectivity index (χ4v) is 3.82. The van der Waals surface area contributed by atoms with Crippen molar-refractivity contribution in [3.8, 4) is 11.9 Å². The molecule has 162 valence electrons. The maximum absolute atomic E-state index is 12.5. The number of nitrogens with one attached hydrogen (secondary N) is 1. The van der Waals surface area contributed by atoms with E-state index in [2.05, 4.69) is 22.9 Å². The Labute approximate surface area is 182 Å². The number of aromatic nitrogens is 1. The number of anilines is 1. The number of ether oxygens (including phenoxy) is 2. The molecule has 0 radical (unpaired) electrons. The van der Waals surface area contributed by atoms with E-state index >= 15 is 0 Å². The number of nitriles is 1. The molecule has 1 aliphatic carbocycles. The minimum absolute atomic E-state index is 0.0999. The zero-order valence-electron chi connectivity index (χ0n) is 18.4. The third kappa shape index (κ3) is 4.19. The van der Waals surface area contributed by atoms with E-state index in [-0.39, 0.29) is 6.10 Å². The minimum Gasteiger partial charge on any atom is -0.496 e. The van der Waals surface area contributed by atoms with Crippen molar-refractivity contribution in [3.63, 3.8) is 0 Å². The van der Waals surface area contributed by atoms with E-state index < -0.39 is 11.8 Å². The Balaban J connectivity index is 2.21. The third-order valence-corrected chi connectivity index (χ3v) is 5.77. The summed E-state index contributed by atoms with van der Waals surface area (Å²) in [6.07, 6.45) is 8.19. The fraction of sp³-hybridized carbons (Fsp3) is 0.375. The molecule has 1 fully saturated rings. The van der Waals surface area contributed by atoms with Crippen LogP contribution in [0.15, 0.2) is 53.1 Å². The maximum Gasteiger partial charge on any atom is 0.247 e. The second-order valence-corrected chi connectivity index (χ2v) is 7.76. The van der Waals surface area contributed by atoms with Gasteiger partial charge in [0.25, 0.3) is 0 Å². The van der Waals surface area contributed by atoms with Gasteiger partial charge in [0.15, 0.2) is 0 Å². The molecule has 3 rings (SSSR count). The van der Waals surface area contributed by atoms with Gasteiger partial charge >= 0.3 is 0 Å². The first kappa shape index (κ1) is 22.2. The number of allylic oxidation sites excluding steroid dienone is 5. The van der Waals surface area contributed by atoms with E-state index in [1.54, 1.807) is 32.2 Å². The number of carbonyl (C=O) groups excluding carboxylic acids is 1. The van der Waals surface area contributed by atoms with Crippen molar-refractivity contribution in [1.29, 1.82) is 5.26 Å². The standard InChI is InChI=1S/C24H28N4O3/c1-6-16(11-25)10-18(30-5)14(3)19-20(23(26)29)15(4)28-22-13(2)12-27-24(21(19)22)31-17-8-7-9-17/h6,10,12,17,19,28H,3,7-9H2,1-2,4-5H3,(H2,26,29)/b16-6+,18-10+/t19-/m1/s1. The summed E-state index contributed by atoms with van der Waals surface area (Å²) < 4.78 is 11.8. The van der Waals surface area contributed by atoms with Gasteiger partial charge in [-0.15, -0.1) is 0 Å². The largest absolute Gasteiger partial charge is 0.496 e. The van der Waals surface area contributed by atoms with Crippen molar-refractivity contribution < 1.29 is 14.3 Å². The predicted molar refractivity (Wildman–Crippen MR) is 119 cm³/mol. The first-order chi connectivity index (χ1) is 14.8. The molecule has 1 saturated carbocycles. The lowest BCUT2D eigenvalue weighted by atomic mass is 9.79. The maximum atomic E-state index is 12.5. The third-order valence-electron chi connectivity index (χ3n) is 5.77. The number of carbonyl (C=O) groups is 1. The van der Waals surface area contributed by atoms with Crippen molar-refractivity contribution in [1.82, 2.24) is 4.98 Å². The summed E-state index contributed by atoms with van der Waals surface area (Å²) in [5, 5.41) is 12.7. The van der Waals surface area contributed by atoms with Crippen LogP contribution >= 0.6 is 0 Å². The Morgan fingerprint density at radius 2 is 2.13 bits per heavy atom. The van der Waals surface area contributed by atoms with Gasteiger partial charge in [0.1, 0.15) is 11.9 Å². The fourth-order valence-electron chi connectivity index (χ4n) is 3.82. The molecular weight excluding hydrogens is 392 g/mol. The number of fused-ring (bicyclic) bond motifs is 1. The quantitative estimate of drug-likeness (QED) is 0.390.